The van der Waals surface area contributed by atoms with E-state index in [1.165, 1.54) is 19.3 Å². The molecule has 0 amide bonds. The van der Waals surface area contributed by atoms with E-state index in [9.17, 15) is 5.11 Å². The molecule has 1 atom stereocenters. The molecule has 0 bridgehead atoms. The van der Waals surface area contributed by atoms with Gasteiger partial charge in [0.25, 0.3) is 0 Å². The van der Waals surface area contributed by atoms with Gasteiger partial charge in [0.2, 0.25) is 0 Å². The predicted molar refractivity (Wildman–Crippen MR) is 73.9 cm³/mol. The fourth-order valence-electron chi connectivity index (χ4n) is 3.08. The topological polar surface area (TPSA) is 38.0 Å². The largest absolute Gasteiger partial charge is 0.389 e. The molecule has 4 heteroatoms. The van der Waals surface area contributed by atoms with Crippen LogP contribution in [0.15, 0.2) is 0 Å². The van der Waals surface area contributed by atoms with Crippen molar-refractivity contribution in [3.63, 3.8) is 0 Å². The monoisotopic (exact) mass is 270 g/mol. The Hall–Kier alpha value is -0.540. The first-order valence-corrected chi connectivity index (χ1v) is 7.20. The van der Waals surface area contributed by atoms with Crippen LogP contribution in [0.5, 0.6) is 0 Å². The zero-order valence-corrected chi connectivity index (χ0v) is 12.3. The molecule has 1 saturated carbocycles. The average molecular weight is 271 g/mol. The van der Waals surface area contributed by atoms with Gasteiger partial charge in [-0.05, 0) is 32.6 Å². The summed E-state index contributed by atoms with van der Waals surface area (Å²) in [4.78, 5) is 0. The highest BCUT2D eigenvalue weighted by molar-refractivity contribution is 6.31. The van der Waals surface area contributed by atoms with Crippen molar-refractivity contribution in [2.24, 2.45) is 13.0 Å². The summed E-state index contributed by atoms with van der Waals surface area (Å²) in [5.74, 6) is 0.387. The number of aryl methyl sites for hydroxylation is 2. The highest BCUT2D eigenvalue weighted by Gasteiger charge is 2.34. The molecular formula is C14H23ClN2O. The molecule has 3 nitrogen and oxygen atoms in total. The molecule has 2 rings (SSSR count). The van der Waals surface area contributed by atoms with Crippen LogP contribution < -0.4 is 0 Å². The zero-order valence-electron chi connectivity index (χ0n) is 11.5. The minimum atomic E-state index is -0.676. The molecule has 0 spiro atoms. The number of hydrogen-bond donors (Lipinski definition) is 1. The Morgan fingerprint density at radius 2 is 2.00 bits per heavy atom. The molecule has 1 heterocycles. The van der Waals surface area contributed by atoms with Crippen molar-refractivity contribution in [3.8, 4) is 0 Å². The van der Waals surface area contributed by atoms with Gasteiger partial charge in [-0.3, -0.25) is 4.68 Å². The van der Waals surface area contributed by atoms with Crippen molar-refractivity contribution in [1.29, 1.82) is 0 Å². The molecule has 0 saturated heterocycles. The van der Waals surface area contributed by atoms with Gasteiger partial charge in [0.15, 0.2) is 0 Å². The summed E-state index contributed by atoms with van der Waals surface area (Å²) in [5, 5.41) is 15.8. The Morgan fingerprint density at radius 3 is 2.50 bits per heavy atom. The molecule has 1 aliphatic carbocycles. The number of hydrogen-bond acceptors (Lipinski definition) is 2. The molecule has 0 radical (unpaired) electrons. The van der Waals surface area contributed by atoms with Gasteiger partial charge in [0.05, 0.1) is 22.0 Å². The Bertz CT molecular complexity index is 420. The van der Waals surface area contributed by atoms with Crippen molar-refractivity contribution < 1.29 is 5.11 Å². The molecule has 1 aromatic heterocycles. The van der Waals surface area contributed by atoms with Crippen LogP contribution in [0.1, 0.15) is 50.4 Å². The second-order valence-corrected chi connectivity index (χ2v) is 6.22. The van der Waals surface area contributed by atoms with E-state index in [0.29, 0.717) is 17.4 Å². The third-order valence-electron chi connectivity index (χ3n) is 4.27. The molecule has 1 aromatic rings. The van der Waals surface area contributed by atoms with Gasteiger partial charge in [-0.15, -0.1) is 0 Å². The van der Waals surface area contributed by atoms with E-state index in [2.05, 4.69) is 5.10 Å². The number of aromatic nitrogens is 2. The summed E-state index contributed by atoms with van der Waals surface area (Å²) in [6, 6.07) is 0. The molecule has 1 fully saturated rings. The Morgan fingerprint density at radius 1 is 1.39 bits per heavy atom. The number of nitrogens with zero attached hydrogens (tertiary/aromatic N) is 2. The number of halogens is 1. The SMILES string of the molecule is Cc1nn(C)c(CC(C)(O)C2CCCCC2)c1Cl. The lowest BCUT2D eigenvalue weighted by Gasteiger charge is -2.35. The van der Waals surface area contributed by atoms with Gasteiger partial charge < -0.3 is 5.11 Å². The van der Waals surface area contributed by atoms with Crippen LogP contribution in [0.4, 0.5) is 0 Å². The Kier molecular flexibility index (Phi) is 4.02. The predicted octanol–water partition coefficient (Wildman–Crippen LogP) is 3.26. The minimum absolute atomic E-state index is 0.387. The fraction of sp³-hybridized carbons (Fsp3) is 0.786. The van der Waals surface area contributed by atoms with E-state index >= 15 is 0 Å². The van der Waals surface area contributed by atoms with Gasteiger partial charge in [-0.1, -0.05) is 30.9 Å². The van der Waals surface area contributed by atoms with E-state index in [-0.39, 0.29) is 0 Å². The summed E-state index contributed by atoms with van der Waals surface area (Å²) in [7, 11) is 1.89. The lowest BCUT2D eigenvalue weighted by Crippen LogP contribution is -2.38. The van der Waals surface area contributed by atoms with Crippen LogP contribution in [-0.2, 0) is 13.5 Å². The summed E-state index contributed by atoms with van der Waals surface area (Å²) < 4.78 is 1.80. The van der Waals surface area contributed by atoms with Crippen molar-refractivity contribution in [2.45, 2.75) is 58.0 Å². The van der Waals surface area contributed by atoms with Crippen LogP contribution in [0.25, 0.3) is 0 Å². The average Bonchev–Trinajstić information content (AvgIpc) is 2.57. The summed E-state index contributed by atoms with van der Waals surface area (Å²) in [6.07, 6.45) is 6.62. The molecule has 102 valence electrons. The second-order valence-electron chi connectivity index (χ2n) is 5.84. The number of rotatable bonds is 3. The van der Waals surface area contributed by atoms with Crippen LogP contribution in [-0.4, -0.2) is 20.5 Å². The molecule has 18 heavy (non-hydrogen) atoms. The van der Waals surface area contributed by atoms with Gasteiger partial charge in [0.1, 0.15) is 0 Å². The lowest BCUT2D eigenvalue weighted by molar-refractivity contribution is -0.0173. The van der Waals surface area contributed by atoms with Crippen molar-refractivity contribution in [1.82, 2.24) is 9.78 Å². The lowest BCUT2D eigenvalue weighted by atomic mass is 9.76. The third-order valence-corrected chi connectivity index (χ3v) is 4.76. The number of aliphatic hydroxyl groups is 1. The molecular weight excluding hydrogens is 248 g/mol. The summed E-state index contributed by atoms with van der Waals surface area (Å²) in [5.41, 5.74) is 1.11. The normalized spacial score (nSPS) is 20.9. The zero-order chi connectivity index (χ0) is 13.3. The second kappa shape index (κ2) is 5.22. The molecule has 0 aromatic carbocycles. The standard InChI is InChI=1S/C14H23ClN2O/c1-10-13(15)12(17(3)16-10)9-14(2,18)11-7-5-4-6-8-11/h11,18H,4-9H2,1-3H3. The van der Waals surface area contributed by atoms with Crippen molar-refractivity contribution in [3.05, 3.63) is 16.4 Å². The fourth-order valence-corrected chi connectivity index (χ4v) is 3.31. The quantitative estimate of drug-likeness (QED) is 0.916. The Labute approximate surface area is 114 Å². The first-order valence-electron chi connectivity index (χ1n) is 6.82. The van der Waals surface area contributed by atoms with Gasteiger partial charge in [-0.25, -0.2) is 0 Å². The van der Waals surface area contributed by atoms with E-state index < -0.39 is 5.60 Å². The van der Waals surface area contributed by atoms with Gasteiger partial charge in [-0.2, -0.15) is 5.10 Å². The molecule has 1 unspecified atom stereocenters. The van der Waals surface area contributed by atoms with Crippen LogP contribution in [0, 0.1) is 12.8 Å². The van der Waals surface area contributed by atoms with Gasteiger partial charge in [0, 0.05) is 13.5 Å². The van der Waals surface area contributed by atoms with E-state index in [1.807, 2.05) is 20.9 Å². The van der Waals surface area contributed by atoms with Gasteiger partial charge >= 0.3 is 0 Å². The summed E-state index contributed by atoms with van der Waals surface area (Å²) >= 11 is 6.26. The first-order chi connectivity index (χ1) is 8.42. The third kappa shape index (κ3) is 2.72. The maximum Gasteiger partial charge on any atom is 0.0848 e. The van der Waals surface area contributed by atoms with Crippen LogP contribution >= 0.6 is 11.6 Å². The Balaban J connectivity index is 2.15. The van der Waals surface area contributed by atoms with Crippen LogP contribution in [0.3, 0.4) is 0 Å². The maximum atomic E-state index is 10.8. The van der Waals surface area contributed by atoms with E-state index in [4.69, 9.17) is 11.6 Å². The van der Waals surface area contributed by atoms with Crippen molar-refractivity contribution >= 4 is 11.6 Å². The minimum Gasteiger partial charge on any atom is -0.389 e. The highest BCUT2D eigenvalue weighted by Crippen LogP contribution is 2.36. The van der Waals surface area contributed by atoms with E-state index in [0.717, 1.165) is 24.2 Å². The molecule has 1 aliphatic rings. The molecule has 1 N–H and O–H groups in total. The van der Waals surface area contributed by atoms with Crippen LogP contribution in [0.2, 0.25) is 5.02 Å². The molecule has 0 aliphatic heterocycles. The maximum absolute atomic E-state index is 10.8. The highest BCUT2D eigenvalue weighted by atomic mass is 35.5. The smallest absolute Gasteiger partial charge is 0.0848 e. The van der Waals surface area contributed by atoms with E-state index in [1.54, 1.807) is 4.68 Å². The van der Waals surface area contributed by atoms with Crippen molar-refractivity contribution in [2.75, 3.05) is 0 Å². The first kappa shape index (κ1) is 13.9. The summed E-state index contributed by atoms with van der Waals surface area (Å²) in [6.45, 7) is 3.85.